The van der Waals surface area contributed by atoms with Gasteiger partial charge in [-0.05, 0) is 35.4 Å². The smallest absolute Gasteiger partial charge is 0.123 e. The fraction of sp³-hybridized carbons (Fsp3) is 0.455. The van der Waals surface area contributed by atoms with Crippen molar-refractivity contribution >= 4 is 0 Å². The number of halogens is 2. The summed E-state index contributed by atoms with van der Waals surface area (Å²) in [6, 6.07) is 10.9. The lowest BCUT2D eigenvalue weighted by molar-refractivity contribution is -0.0227. The Balaban J connectivity index is 0.000000227. The van der Waals surface area contributed by atoms with Crippen molar-refractivity contribution in [3.8, 4) is 0 Å². The molecule has 0 radical (unpaired) electrons. The van der Waals surface area contributed by atoms with Crippen LogP contribution in [-0.4, -0.2) is 86.0 Å². The van der Waals surface area contributed by atoms with Gasteiger partial charge < -0.3 is 45.6 Å². The molecule has 0 aromatic heterocycles. The molecule has 0 saturated carbocycles. The topological polar surface area (TPSA) is 171 Å². The number of hydrogen-bond donors (Lipinski definition) is 6. The summed E-state index contributed by atoms with van der Waals surface area (Å²) in [7, 11) is 0. The van der Waals surface area contributed by atoms with Crippen LogP contribution in [0, 0.1) is 11.6 Å². The fourth-order valence-corrected chi connectivity index (χ4v) is 3.66. The average molecular weight is 474 g/mol. The van der Waals surface area contributed by atoms with Gasteiger partial charge in [-0.1, -0.05) is 24.3 Å². The zero-order valence-electron chi connectivity index (χ0n) is 17.4. The van der Waals surface area contributed by atoms with Crippen molar-refractivity contribution < 1.29 is 54.4 Å². The van der Waals surface area contributed by atoms with Crippen molar-refractivity contribution in [1.82, 2.24) is 0 Å². The van der Waals surface area contributed by atoms with E-state index in [9.17, 15) is 29.2 Å². The summed E-state index contributed by atoms with van der Waals surface area (Å²) in [6.07, 6.45) is -7.53. The van der Waals surface area contributed by atoms with Crippen LogP contribution >= 0.6 is 0 Å². The number of aliphatic hydroxyl groups is 6. The Kier molecular flexibility index (Phi) is 9.79. The molecule has 0 aliphatic carbocycles. The minimum atomic E-state index is -1.12. The van der Waals surface area contributed by atoms with Gasteiger partial charge in [0.1, 0.15) is 60.5 Å². The van der Waals surface area contributed by atoms with Gasteiger partial charge in [0.25, 0.3) is 0 Å². The third-order valence-corrected chi connectivity index (χ3v) is 5.48. The number of rotatable bonds is 4. The third kappa shape index (κ3) is 6.09. The highest BCUT2D eigenvalue weighted by molar-refractivity contribution is 5.22. The fourth-order valence-electron chi connectivity index (χ4n) is 3.66. The molecule has 184 valence electrons. The molecular formula is C22H28F2O9. The maximum absolute atomic E-state index is 12.7. The summed E-state index contributed by atoms with van der Waals surface area (Å²) >= 11 is 0. The van der Waals surface area contributed by atoms with Crippen LogP contribution in [0.5, 0.6) is 0 Å². The van der Waals surface area contributed by atoms with E-state index in [1.807, 2.05) is 0 Å². The Hall–Kier alpha value is -2.06. The van der Waals surface area contributed by atoms with Crippen molar-refractivity contribution in [2.45, 2.75) is 48.8 Å². The normalized spacial score (nSPS) is 33.2. The Morgan fingerprint density at radius 2 is 0.879 bits per heavy atom. The Morgan fingerprint density at radius 1 is 0.576 bits per heavy atom. The molecule has 2 aliphatic rings. The van der Waals surface area contributed by atoms with Gasteiger partial charge in [0.05, 0.1) is 13.2 Å². The Morgan fingerprint density at radius 3 is 1.12 bits per heavy atom. The highest BCUT2D eigenvalue weighted by Crippen LogP contribution is 2.34. The maximum atomic E-state index is 12.7. The van der Waals surface area contributed by atoms with Crippen LogP contribution in [0.25, 0.3) is 0 Å². The second-order valence-electron chi connectivity index (χ2n) is 7.62. The monoisotopic (exact) mass is 474 g/mol. The number of aliphatic hydroxyl groups excluding tert-OH is 6. The van der Waals surface area contributed by atoms with Crippen molar-refractivity contribution in [3.05, 3.63) is 71.3 Å². The molecule has 2 aromatic rings. The summed E-state index contributed by atoms with van der Waals surface area (Å²) < 4.78 is 36.0. The van der Waals surface area contributed by atoms with Gasteiger partial charge in [-0.25, -0.2) is 8.78 Å². The first-order valence-electron chi connectivity index (χ1n) is 10.0. The lowest BCUT2D eigenvalue weighted by atomic mass is 10.0. The van der Waals surface area contributed by atoms with Crippen LogP contribution in [0.15, 0.2) is 48.5 Å². The third-order valence-electron chi connectivity index (χ3n) is 5.48. The van der Waals surface area contributed by atoms with Gasteiger partial charge in [0.2, 0.25) is 0 Å². The summed E-state index contributed by atoms with van der Waals surface area (Å²) in [4.78, 5) is 0. The molecule has 0 spiro atoms. The number of benzene rings is 2. The van der Waals surface area contributed by atoms with E-state index in [1.54, 1.807) is 0 Å². The molecule has 0 unspecified atom stereocenters. The van der Waals surface area contributed by atoms with E-state index >= 15 is 0 Å². The molecule has 8 atom stereocenters. The second kappa shape index (κ2) is 11.9. The van der Waals surface area contributed by atoms with Crippen LogP contribution in [0.4, 0.5) is 8.78 Å². The van der Waals surface area contributed by atoms with Crippen molar-refractivity contribution in [2.24, 2.45) is 0 Å². The molecule has 2 aromatic carbocycles. The molecule has 8 N–H and O–H groups in total. The van der Waals surface area contributed by atoms with E-state index in [4.69, 9.17) is 19.7 Å². The van der Waals surface area contributed by atoms with Gasteiger partial charge in [-0.3, -0.25) is 0 Å². The SMILES string of the molecule is O.OC[C@H]1O[C@@H](c2ccc(F)cc2)[C@H](O)[C@@H]1O.OC[C@H]1O[C@@H](c2ccc(F)cc2)[C@H](O)[C@@H]1O. The minimum absolute atomic E-state index is 0. The van der Waals surface area contributed by atoms with Gasteiger partial charge in [0.15, 0.2) is 0 Å². The van der Waals surface area contributed by atoms with Crippen molar-refractivity contribution in [2.75, 3.05) is 13.2 Å². The highest BCUT2D eigenvalue weighted by Gasteiger charge is 2.43. The summed E-state index contributed by atoms with van der Waals surface area (Å²) in [5.74, 6) is -0.758. The predicted octanol–water partition coefficient (Wildman–Crippen LogP) is -0.865. The minimum Gasteiger partial charge on any atom is -0.412 e. The molecule has 11 heteroatoms. The lowest BCUT2D eigenvalue weighted by Gasteiger charge is -2.14. The van der Waals surface area contributed by atoms with Crippen LogP contribution in [0.1, 0.15) is 23.3 Å². The van der Waals surface area contributed by atoms with Crippen LogP contribution < -0.4 is 0 Å². The zero-order chi connectivity index (χ0) is 23.4. The van der Waals surface area contributed by atoms with Crippen LogP contribution in [0.2, 0.25) is 0 Å². The van der Waals surface area contributed by atoms with E-state index < -0.39 is 48.8 Å². The second-order valence-corrected chi connectivity index (χ2v) is 7.62. The first kappa shape index (κ1) is 27.2. The standard InChI is InChI=1S/2C11H13FO4.H2O/c2*12-7-3-1-6(2-4-7)11-10(15)9(14)8(5-13)16-11;/h2*1-4,8-11,13-15H,5H2;1H2/t2*8-,9-,10-,11+;/m11./s1. The summed E-state index contributed by atoms with van der Waals surface area (Å²) in [5.41, 5.74) is 1.15. The lowest BCUT2D eigenvalue weighted by Crippen LogP contribution is -2.32. The maximum Gasteiger partial charge on any atom is 0.123 e. The van der Waals surface area contributed by atoms with Crippen LogP contribution in [-0.2, 0) is 9.47 Å². The molecule has 33 heavy (non-hydrogen) atoms. The zero-order valence-corrected chi connectivity index (χ0v) is 17.4. The van der Waals surface area contributed by atoms with Crippen LogP contribution in [0.3, 0.4) is 0 Å². The molecule has 9 nitrogen and oxygen atoms in total. The first-order chi connectivity index (χ1) is 15.3. The van der Waals surface area contributed by atoms with E-state index in [1.165, 1.54) is 48.5 Å². The molecule has 0 bridgehead atoms. The Labute approximate surface area is 188 Å². The largest absolute Gasteiger partial charge is 0.412 e. The molecule has 4 rings (SSSR count). The molecular weight excluding hydrogens is 446 g/mol. The van der Waals surface area contributed by atoms with E-state index in [0.717, 1.165) is 0 Å². The number of ether oxygens (including phenoxy) is 2. The first-order valence-corrected chi connectivity index (χ1v) is 10.0. The number of hydrogen-bond acceptors (Lipinski definition) is 8. The van der Waals surface area contributed by atoms with Gasteiger partial charge in [-0.2, -0.15) is 0 Å². The van der Waals surface area contributed by atoms with E-state index in [0.29, 0.717) is 11.1 Å². The molecule has 2 fully saturated rings. The molecule has 2 heterocycles. The highest BCUT2D eigenvalue weighted by atomic mass is 19.1. The molecule has 2 aliphatic heterocycles. The van der Waals surface area contributed by atoms with E-state index in [-0.39, 0.29) is 30.3 Å². The molecule has 0 amide bonds. The Bertz CT molecular complexity index is 780. The quantitative estimate of drug-likeness (QED) is 0.332. The average Bonchev–Trinajstić information content (AvgIpc) is 3.25. The van der Waals surface area contributed by atoms with Gasteiger partial charge in [-0.15, -0.1) is 0 Å². The summed E-state index contributed by atoms with van der Waals surface area (Å²) in [5, 5.41) is 56.3. The van der Waals surface area contributed by atoms with Gasteiger partial charge >= 0.3 is 0 Å². The predicted molar refractivity (Wildman–Crippen MR) is 110 cm³/mol. The summed E-state index contributed by atoms with van der Waals surface area (Å²) in [6.45, 7) is -0.730. The van der Waals surface area contributed by atoms with Gasteiger partial charge in [0, 0.05) is 0 Å². The van der Waals surface area contributed by atoms with Crippen molar-refractivity contribution in [3.63, 3.8) is 0 Å². The van der Waals surface area contributed by atoms with Crippen molar-refractivity contribution in [1.29, 1.82) is 0 Å². The van der Waals surface area contributed by atoms with E-state index in [2.05, 4.69) is 0 Å². The molecule has 2 saturated heterocycles.